The number of nitrogens with zero attached hydrogens (tertiary/aromatic N) is 4. The molecule has 0 saturated carbocycles. The monoisotopic (exact) mass is 322 g/mol. The molecule has 0 aromatic heterocycles. The van der Waals surface area contributed by atoms with Gasteiger partial charge in [-0.1, -0.05) is 12.5 Å². The highest BCUT2D eigenvalue weighted by Crippen LogP contribution is 2.31. The topological polar surface area (TPSA) is 82.5 Å². The summed E-state index contributed by atoms with van der Waals surface area (Å²) in [4.78, 5) is 14.4. The van der Waals surface area contributed by atoms with Crippen LogP contribution in [0.3, 0.4) is 0 Å². The summed E-state index contributed by atoms with van der Waals surface area (Å²) in [5, 5.41) is 20.1. The summed E-state index contributed by atoms with van der Waals surface area (Å²) in [5.74, 6) is 0. The Bertz CT molecular complexity index is 580. The predicted molar refractivity (Wildman–Crippen MR) is 86.4 cm³/mol. The van der Waals surface area contributed by atoms with E-state index in [4.69, 9.17) is 5.26 Å². The highest BCUT2D eigenvalue weighted by Gasteiger charge is 2.13. The number of rotatable bonds is 4. The molecule has 0 bridgehead atoms. The summed E-state index contributed by atoms with van der Waals surface area (Å²) in [5.41, 5.74) is 0.398. The Kier molecular flexibility index (Phi) is 6.04. The maximum Gasteiger partial charge on any atom is 0.271 e. The van der Waals surface area contributed by atoms with Gasteiger partial charge in [0.1, 0.15) is 6.07 Å². The van der Waals surface area contributed by atoms with E-state index in [0.29, 0.717) is 10.7 Å². The molecule has 110 valence electrons. The van der Waals surface area contributed by atoms with Crippen LogP contribution in [-0.2, 0) is 0 Å². The molecular formula is C13H14N4O2S2. The molecule has 8 heteroatoms. The van der Waals surface area contributed by atoms with E-state index in [0.717, 1.165) is 13.1 Å². The zero-order chi connectivity index (χ0) is 15.1. The summed E-state index contributed by atoms with van der Waals surface area (Å²) >= 11 is 0. The molecule has 0 unspecified atom stereocenters. The number of hydrogen-bond acceptors (Lipinski definition) is 7. The van der Waals surface area contributed by atoms with Crippen molar-refractivity contribution < 1.29 is 4.92 Å². The zero-order valence-corrected chi connectivity index (χ0v) is 12.9. The number of aliphatic imine (C=N–C) groups is 1. The molecule has 1 aliphatic rings. The highest BCUT2D eigenvalue weighted by molar-refractivity contribution is 8.81. The van der Waals surface area contributed by atoms with Gasteiger partial charge < -0.3 is 0 Å². The lowest BCUT2D eigenvalue weighted by molar-refractivity contribution is -0.384. The standard InChI is InChI=1S/C13H14N4O2S2/c14-10-13(20-21-16-7-2-1-3-8-16)15-11-5-4-6-12(9-11)17(18)19/h4-6,9H,1-3,7-8H2. The van der Waals surface area contributed by atoms with Crippen LogP contribution in [0, 0.1) is 21.4 Å². The van der Waals surface area contributed by atoms with Crippen molar-refractivity contribution >= 4 is 38.2 Å². The molecule has 0 aliphatic carbocycles. The van der Waals surface area contributed by atoms with E-state index < -0.39 is 4.92 Å². The number of piperidine rings is 1. The average molecular weight is 322 g/mol. The van der Waals surface area contributed by atoms with Gasteiger partial charge in [0.25, 0.3) is 5.69 Å². The molecule has 0 N–H and O–H groups in total. The first-order valence-corrected chi connectivity index (χ1v) is 8.62. The Hall–Kier alpha value is -1.56. The van der Waals surface area contributed by atoms with E-state index in [-0.39, 0.29) is 5.69 Å². The second-order valence-electron chi connectivity index (χ2n) is 4.45. The summed E-state index contributed by atoms with van der Waals surface area (Å²) in [6.45, 7) is 2.04. The summed E-state index contributed by atoms with van der Waals surface area (Å²) < 4.78 is 2.22. The number of nitro benzene ring substituents is 1. The lowest BCUT2D eigenvalue weighted by Gasteiger charge is -2.23. The molecular weight excluding hydrogens is 308 g/mol. The van der Waals surface area contributed by atoms with Crippen LogP contribution >= 0.6 is 21.8 Å². The summed E-state index contributed by atoms with van der Waals surface area (Å²) in [6.07, 6.45) is 3.61. The van der Waals surface area contributed by atoms with Crippen molar-refractivity contribution in [3.05, 3.63) is 34.4 Å². The van der Waals surface area contributed by atoms with Crippen molar-refractivity contribution in [3.8, 4) is 6.07 Å². The predicted octanol–water partition coefficient (Wildman–Crippen LogP) is 3.93. The average Bonchev–Trinajstić information content (AvgIpc) is 2.52. The molecule has 1 heterocycles. The Morgan fingerprint density at radius 1 is 1.38 bits per heavy atom. The maximum absolute atomic E-state index is 10.7. The second-order valence-corrected chi connectivity index (χ2v) is 6.62. The quantitative estimate of drug-likeness (QED) is 0.209. The molecule has 1 aliphatic heterocycles. The van der Waals surface area contributed by atoms with Crippen LogP contribution in [0.2, 0.25) is 0 Å². The van der Waals surface area contributed by atoms with E-state index in [1.54, 1.807) is 12.1 Å². The fraction of sp³-hybridized carbons (Fsp3) is 0.385. The van der Waals surface area contributed by atoms with Crippen LogP contribution in [0.25, 0.3) is 0 Å². The lowest BCUT2D eigenvalue weighted by Crippen LogP contribution is -2.22. The normalized spacial score (nSPS) is 16.4. The van der Waals surface area contributed by atoms with Gasteiger partial charge in [-0.15, -0.1) is 0 Å². The molecule has 0 atom stereocenters. The van der Waals surface area contributed by atoms with E-state index in [2.05, 4.69) is 9.30 Å². The third-order valence-corrected chi connectivity index (χ3v) is 5.22. The Labute approximate surface area is 130 Å². The number of nitriles is 1. The van der Waals surface area contributed by atoms with Crippen LogP contribution in [0.5, 0.6) is 0 Å². The minimum absolute atomic E-state index is 0.0257. The minimum Gasteiger partial charge on any atom is -0.258 e. The van der Waals surface area contributed by atoms with Gasteiger partial charge in [-0.3, -0.25) is 10.1 Å². The van der Waals surface area contributed by atoms with Gasteiger partial charge in [-0.05, 0) is 40.7 Å². The van der Waals surface area contributed by atoms with E-state index in [1.807, 2.05) is 6.07 Å². The zero-order valence-electron chi connectivity index (χ0n) is 11.3. The fourth-order valence-corrected chi connectivity index (χ4v) is 3.85. The van der Waals surface area contributed by atoms with Crippen molar-refractivity contribution in [3.63, 3.8) is 0 Å². The summed E-state index contributed by atoms with van der Waals surface area (Å²) in [6, 6.07) is 8.02. The number of benzene rings is 1. The van der Waals surface area contributed by atoms with Crippen molar-refractivity contribution in [1.82, 2.24) is 4.31 Å². The van der Waals surface area contributed by atoms with Crippen LogP contribution in [0.15, 0.2) is 29.3 Å². The first kappa shape index (κ1) is 15.8. The molecule has 6 nitrogen and oxygen atoms in total. The lowest BCUT2D eigenvalue weighted by atomic mass is 10.2. The largest absolute Gasteiger partial charge is 0.271 e. The van der Waals surface area contributed by atoms with Crippen LogP contribution < -0.4 is 0 Å². The molecule has 0 radical (unpaired) electrons. The maximum atomic E-state index is 10.7. The van der Waals surface area contributed by atoms with Gasteiger partial charge in [0.05, 0.1) is 10.6 Å². The van der Waals surface area contributed by atoms with Gasteiger partial charge in [-0.25, -0.2) is 9.30 Å². The van der Waals surface area contributed by atoms with E-state index >= 15 is 0 Å². The number of hydrogen-bond donors (Lipinski definition) is 0. The van der Waals surface area contributed by atoms with Gasteiger partial charge >= 0.3 is 0 Å². The van der Waals surface area contributed by atoms with Crippen molar-refractivity contribution in [2.45, 2.75) is 19.3 Å². The van der Waals surface area contributed by atoms with E-state index in [9.17, 15) is 10.1 Å². The minimum atomic E-state index is -0.472. The molecule has 1 fully saturated rings. The SMILES string of the molecule is N#CC(=Nc1cccc([N+](=O)[O-])c1)SSN1CCCCC1. The molecule has 0 amide bonds. The third kappa shape index (κ3) is 5.04. The van der Waals surface area contributed by atoms with Gasteiger partial charge in [0.2, 0.25) is 0 Å². The van der Waals surface area contributed by atoms with Crippen molar-refractivity contribution in [1.29, 1.82) is 5.26 Å². The highest BCUT2D eigenvalue weighted by atomic mass is 33.1. The second kappa shape index (κ2) is 8.02. The van der Waals surface area contributed by atoms with Gasteiger partial charge in [0, 0.05) is 25.2 Å². The Morgan fingerprint density at radius 3 is 2.81 bits per heavy atom. The fourth-order valence-electron chi connectivity index (χ4n) is 1.88. The number of nitro groups is 1. The first-order valence-electron chi connectivity index (χ1n) is 6.52. The molecule has 1 aromatic rings. The van der Waals surface area contributed by atoms with Gasteiger partial charge in [-0.2, -0.15) is 5.26 Å². The Morgan fingerprint density at radius 2 is 2.14 bits per heavy atom. The van der Waals surface area contributed by atoms with Gasteiger partial charge in [0.15, 0.2) is 5.04 Å². The molecule has 21 heavy (non-hydrogen) atoms. The number of non-ortho nitro benzene ring substituents is 1. The van der Waals surface area contributed by atoms with Crippen LogP contribution in [0.4, 0.5) is 11.4 Å². The van der Waals surface area contributed by atoms with Crippen LogP contribution in [-0.4, -0.2) is 27.4 Å². The Balaban J connectivity index is 2.01. The van der Waals surface area contributed by atoms with Crippen molar-refractivity contribution in [2.24, 2.45) is 4.99 Å². The molecule has 1 aromatic carbocycles. The van der Waals surface area contributed by atoms with E-state index in [1.165, 1.54) is 53.2 Å². The molecule has 1 saturated heterocycles. The van der Waals surface area contributed by atoms with Crippen molar-refractivity contribution in [2.75, 3.05) is 13.1 Å². The molecule has 2 rings (SSSR count). The van der Waals surface area contributed by atoms with Crippen LogP contribution in [0.1, 0.15) is 19.3 Å². The molecule has 0 spiro atoms. The first-order chi connectivity index (χ1) is 10.2. The smallest absolute Gasteiger partial charge is 0.258 e. The summed E-state index contributed by atoms with van der Waals surface area (Å²) in [7, 11) is 2.82. The third-order valence-electron chi connectivity index (χ3n) is 2.90.